The van der Waals surface area contributed by atoms with Crippen LogP contribution in [0.25, 0.3) is 11.0 Å². The Morgan fingerprint density at radius 2 is 1.39 bits per heavy atom. The van der Waals surface area contributed by atoms with Gasteiger partial charge in [-0.25, -0.2) is 4.98 Å². The fourth-order valence-electron chi connectivity index (χ4n) is 5.99. The van der Waals surface area contributed by atoms with E-state index < -0.39 is 24.3 Å². The van der Waals surface area contributed by atoms with Crippen molar-refractivity contribution in [3.05, 3.63) is 53.3 Å². The lowest BCUT2D eigenvalue weighted by Gasteiger charge is -2.20. The Morgan fingerprint density at radius 3 is 1.90 bits per heavy atom. The highest BCUT2D eigenvalue weighted by atomic mass is 35.5. The second kappa shape index (κ2) is 20.3. The summed E-state index contributed by atoms with van der Waals surface area (Å²) in [5.41, 5.74) is 2.10. The molecule has 2 aliphatic heterocycles. The number of para-hydroxylation sites is 1. The van der Waals surface area contributed by atoms with Crippen molar-refractivity contribution in [1.29, 1.82) is 0 Å². The number of nitrogens with zero attached hydrogens (tertiary/aromatic N) is 2. The molecule has 51 heavy (non-hydrogen) atoms. The minimum absolute atomic E-state index is 0.422. The third-order valence-electron chi connectivity index (χ3n) is 8.52. The highest BCUT2D eigenvalue weighted by Crippen LogP contribution is 2.29. The lowest BCUT2D eigenvalue weighted by molar-refractivity contribution is -0.669. The first-order chi connectivity index (χ1) is 24.1. The molecule has 2 aromatic carbocycles. The fraction of sp³-hybridized carbons (Fsp3) is 0.559. The summed E-state index contributed by atoms with van der Waals surface area (Å²) in [4.78, 5) is 22.6. The van der Waals surface area contributed by atoms with Crippen LogP contribution in [-0.4, -0.2) is 66.6 Å². The Kier molecular flexibility index (Phi) is 16.6. The number of halogens is 7. The van der Waals surface area contributed by atoms with Crippen LogP contribution in [0, 0.1) is 11.8 Å². The van der Waals surface area contributed by atoms with Crippen LogP contribution in [-0.2, 0) is 22.7 Å². The van der Waals surface area contributed by atoms with Gasteiger partial charge < -0.3 is 44.5 Å². The molecule has 2 atom stereocenters. The molecule has 0 aliphatic carbocycles. The number of aliphatic carboxylic acids is 2. The molecule has 0 radical (unpaired) electrons. The number of alkyl halides is 6. The van der Waals surface area contributed by atoms with Gasteiger partial charge in [-0.1, -0.05) is 17.7 Å². The second-order valence-corrected chi connectivity index (χ2v) is 12.8. The normalized spacial score (nSPS) is 17.8. The van der Waals surface area contributed by atoms with Crippen molar-refractivity contribution in [3.63, 3.8) is 0 Å². The highest BCUT2D eigenvalue weighted by molar-refractivity contribution is 6.30. The van der Waals surface area contributed by atoms with Gasteiger partial charge in [0, 0.05) is 23.4 Å². The summed E-state index contributed by atoms with van der Waals surface area (Å²) in [6.07, 6.45) is -0.193. The number of carboxylic acids is 2. The van der Waals surface area contributed by atoms with E-state index in [1.54, 1.807) is 0 Å². The van der Waals surface area contributed by atoms with Crippen LogP contribution >= 0.6 is 11.6 Å². The molecule has 284 valence electrons. The Labute approximate surface area is 296 Å². The van der Waals surface area contributed by atoms with Crippen LogP contribution in [0.4, 0.5) is 26.3 Å². The molecule has 0 bridgehead atoms. The average Bonchev–Trinajstić information content (AvgIpc) is 3.45. The quantitative estimate of drug-likeness (QED) is 0.214. The zero-order valence-electron chi connectivity index (χ0n) is 27.9. The van der Waals surface area contributed by atoms with Gasteiger partial charge in [0.15, 0.2) is 0 Å². The molecule has 4 N–H and O–H groups in total. The van der Waals surface area contributed by atoms with Crippen LogP contribution in [0.1, 0.15) is 57.2 Å². The van der Waals surface area contributed by atoms with Gasteiger partial charge >= 0.3 is 12.4 Å². The fourth-order valence-corrected chi connectivity index (χ4v) is 6.11. The number of hydrogen-bond donors (Lipinski definition) is 2. The molecule has 5 rings (SSSR count). The molecule has 17 heteroatoms. The number of aryl methyl sites for hydroxylation is 1. The average molecular weight is 753 g/mol. The first-order valence-electron chi connectivity index (χ1n) is 16.8. The lowest BCUT2D eigenvalue weighted by atomic mass is 9.95. The smallest absolute Gasteiger partial charge is 0.430 e. The molecule has 2 fully saturated rings. The van der Waals surface area contributed by atoms with E-state index in [1.165, 1.54) is 64.7 Å². The van der Waals surface area contributed by atoms with Crippen LogP contribution in [0.3, 0.4) is 0 Å². The summed E-state index contributed by atoms with van der Waals surface area (Å²) in [6, 6.07) is 13.9. The molecule has 3 aromatic rings. The third kappa shape index (κ3) is 14.8. The first kappa shape index (κ1) is 41.7. The Bertz CT molecular complexity index is 1480. The SMILES string of the molecule is Clc1ccc(OCc2nc3c(OCCC[C@H]4CCC[NH2+]C4)cccc3n2CCC[C@@H]2CCC[NH2+]C2)cc1.O=C([O-])C(F)(F)F.O=C([O-])C(F)(F)F. The number of nitrogens with two attached hydrogens (primary N) is 2. The molecule has 1 aromatic heterocycles. The van der Waals surface area contributed by atoms with E-state index in [-0.39, 0.29) is 0 Å². The number of carbonyl (C=O) groups is 2. The number of benzene rings is 2. The number of piperidine rings is 2. The summed E-state index contributed by atoms with van der Waals surface area (Å²) in [6.45, 7) is 7.25. The number of carboxylic acid groups (broad SMARTS) is 2. The van der Waals surface area contributed by atoms with Gasteiger partial charge in [-0.05, 0) is 87.8 Å². The van der Waals surface area contributed by atoms with Crippen molar-refractivity contribution in [2.75, 3.05) is 32.8 Å². The van der Waals surface area contributed by atoms with Gasteiger partial charge in [0.2, 0.25) is 0 Å². The van der Waals surface area contributed by atoms with Crippen molar-refractivity contribution < 1.29 is 66.3 Å². The number of ether oxygens (including phenoxy) is 2. The van der Waals surface area contributed by atoms with Gasteiger partial charge in [-0.15, -0.1) is 0 Å². The van der Waals surface area contributed by atoms with E-state index >= 15 is 0 Å². The van der Waals surface area contributed by atoms with E-state index in [2.05, 4.69) is 33.4 Å². The minimum atomic E-state index is -5.19. The van der Waals surface area contributed by atoms with Gasteiger partial charge in [0.1, 0.15) is 41.4 Å². The topological polar surface area (TPSA) is 150 Å². The summed E-state index contributed by atoms with van der Waals surface area (Å²) < 4.78 is 77.9. The molecule has 0 spiro atoms. The molecule has 10 nitrogen and oxygen atoms in total. The number of carbonyl (C=O) groups excluding carboxylic acids is 2. The summed E-state index contributed by atoms with van der Waals surface area (Å²) >= 11 is 6.05. The number of imidazole rings is 1. The van der Waals surface area contributed by atoms with Gasteiger partial charge in [0.05, 0.1) is 38.3 Å². The highest BCUT2D eigenvalue weighted by Gasteiger charge is 2.29. The van der Waals surface area contributed by atoms with Gasteiger partial charge in [-0.2, -0.15) is 26.3 Å². The zero-order valence-corrected chi connectivity index (χ0v) is 28.7. The van der Waals surface area contributed by atoms with E-state index in [9.17, 15) is 26.3 Å². The van der Waals surface area contributed by atoms with Crippen molar-refractivity contribution in [3.8, 4) is 11.5 Å². The first-order valence-corrected chi connectivity index (χ1v) is 17.2. The van der Waals surface area contributed by atoms with E-state index in [0.29, 0.717) is 11.6 Å². The largest absolute Gasteiger partial charge is 0.542 e. The van der Waals surface area contributed by atoms with Crippen molar-refractivity contribution in [2.45, 2.75) is 76.9 Å². The summed E-state index contributed by atoms with van der Waals surface area (Å²) in [7, 11) is 0. The van der Waals surface area contributed by atoms with E-state index in [1.807, 2.05) is 24.3 Å². The van der Waals surface area contributed by atoms with E-state index in [4.69, 9.17) is 45.9 Å². The predicted octanol–water partition coefficient (Wildman–Crippen LogP) is 2.75. The molecular weight excluding hydrogens is 710 g/mol. The number of rotatable bonds is 12. The Balaban J connectivity index is 0.000000424. The van der Waals surface area contributed by atoms with Crippen molar-refractivity contribution in [1.82, 2.24) is 9.55 Å². The van der Waals surface area contributed by atoms with Crippen molar-refractivity contribution >= 4 is 34.6 Å². The standard InChI is InChI=1S/C30H41ClN4O2.2C2HF3O2/c31-25-12-14-26(15-13-25)37-22-29-34-30-27(35(29)18-4-8-23-6-2-16-32-20-23)10-1-11-28(30)36-19-5-9-24-7-3-17-33-21-24;2*3-2(4,5)1(6)7/h1,10-15,23-24,32-33H,2-9,16-22H2;2*(H,6,7)/t23-,24+;;/m0../s1. The number of hydrogen-bond acceptors (Lipinski definition) is 7. The summed E-state index contributed by atoms with van der Waals surface area (Å²) in [5.74, 6) is -1.70. The molecule has 0 amide bonds. The number of aromatic nitrogens is 2. The molecule has 2 aliphatic rings. The second-order valence-electron chi connectivity index (χ2n) is 12.4. The molecule has 0 unspecified atom stereocenters. The maximum atomic E-state index is 10.5. The number of fused-ring (bicyclic) bond motifs is 1. The Morgan fingerprint density at radius 1 is 0.843 bits per heavy atom. The molecular formula is C34H43ClF6N4O6. The van der Waals surface area contributed by atoms with Crippen LogP contribution in [0.2, 0.25) is 5.02 Å². The van der Waals surface area contributed by atoms with Crippen molar-refractivity contribution in [2.24, 2.45) is 11.8 Å². The third-order valence-corrected chi connectivity index (χ3v) is 8.77. The lowest BCUT2D eigenvalue weighted by Crippen LogP contribution is -2.87. The monoisotopic (exact) mass is 752 g/mol. The number of quaternary nitrogens is 2. The van der Waals surface area contributed by atoms with Gasteiger partial charge in [0.25, 0.3) is 0 Å². The molecule has 3 heterocycles. The van der Waals surface area contributed by atoms with Crippen LogP contribution < -0.4 is 30.3 Å². The van der Waals surface area contributed by atoms with Gasteiger partial charge in [-0.3, -0.25) is 0 Å². The van der Waals surface area contributed by atoms with Crippen LogP contribution in [0.15, 0.2) is 42.5 Å². The molecule has 0 saturated carbocycles. The van der Waals surface area contributed by atoms with Crippen LogP contribution in [0.5, 0.6) is 11.5 Å². The predicted molar refractivity (Wildman–Crippen MR) is 170 cm³/mol. The summed E-state index contributed by atoms with van der Waals surface area (Å²) in [5, 5.41) is 23.2. The van der Waals surface area contributed by atoms with E-state index in [0.717, 1.165) is 66.2 Å². The zero-order chi connectivity index (χ0) is 37.4. The maximum Gasteiger partial charge on any atom is 0.430 e. The Hall–Kier alpha value is -3.76. The maximum absolute atomic E-state index is 10.5. The molecule has 2 saturated heterocycles. The minimum Gasteiger partial charge on any atom is -0.542 e.